The van der Waals surface area contributed by atoms with E-state index in [4.69, 9.17) is 25.9 Å². The van der Waals surface area contributed by atoms with Gasteiger partial charge < -0.3 is 25.9 Å². The molecule has 10 atom stereocenters. The van der Waals surface area contributed by atoms with E-state index in [1.165, 1.54) is 56.9 Å². The average Bonchev–Trinajstić information content (AvgIpc) is 3.80. The third-order valence-electron chi connectivity index (χ3n) is 9.87. The maximum Gasteiger partial charge on any atom is 0.362 e. The lowest BCUT2D eigenvalue weighted by Gasteiger charge is -2.47. The predicted octanol–water partition coefficient (Wildman–Crippen LogP) is 7.12. The van der Waals surface area contributed by atoms with Crippen molar-refractivity contribution in [2.24, 2.45) is 11.8 Å². The molecule has 0 bridgehead atoms. The van der Waals surface area contributed by atoms with E-state index in [0.717, 1.165) is 30.0 Å². The van der Waals surface area contributed by atoms with Crippen LogP contribution in [0, 0.1) is 11.8 Å². The summed E-state index contributed by atoms with van der Waals surface area (Å²) in [6.45, 7) is 11.4. The van der Waals surface area contributed by atoms with Crippen molar-refractivity contribution in [1.82, 2.24) is 0 Å². The highest BCUT2D eigenvalue weighted by molar-refractivity contribution is 6.90. The van der Waals surface area contributed by atoms with Crippen LogP contribution in [0.4, 0.5) is 0 Å². The number of rotatable bonds is 9. The summed E-state index contributed by atoms with van der Waals surface area (Å²) < 4.78 is 40.2. The van der Waals surface area contributed by atoms with E-state index in [9.17, 15) is 0 Å². The summed E-state index contributed by atoms with van der Waals surface area (Å²) in [5.41, 5.74) is 1.35. The molecule has 3 aliphatic heterocycles. The fourth-order valence-electron chi connectivity index (χ4n) is 7.78. The van der Waals surface area contributed by atoms with Crippen molar-refractivity contribution in [1.29, 1.82) is 0 Å². The number of hydrogen-bond acceptors (Lipinski definition) is 6. The van der Waals surface area contributed by atoms with Crippen molar-refractivity contribution in [2.45, 2.75) is 133 Å². The monoisotopic (exact) mass is 605 g/mol. The molecule has 217 valence electrons. The average molecular weight is 606 g/mol. The molecule has 1 radical (unpaired) electrons. The second kappa shape index (κ2) is 11.5. The highest BCUT2D eigenvalue weighted by Crippen LogP contribution is 2.45. The highest BCUT2D eigenvalue weighted by atomic mass is 28.5. The van der Waals surface area contributed by atoms with Gasteiger partial charge in [-0.05, 0) is 119 Å². The van der Waals surface area contributed by atoms with E-state index in [0.29, 0.717) is 30.3 Å². The van der Waals surface area contributed by atoms with E-state index < -0.39 is 35.0 Å². The maximum absolute atomic E-state index is 7.33. The molecule has 0 N–H and O–H groups in total. The van der Waals surface area contributed by atoms with Gasteiger partial charge in [-0.1, -0.05) is 37.3 Å². The lowest BCUT2D eigenvalue weighted by Crippen LogP contribution is -2.63. The van der Waals surface area contributed by atoms with Gasteiger partial charge >= 0.3 is 35.0 Å². The first-order chi connectivity index (χ1) is 18.6. The minimum atomic E-state index is -2.55. The van der Waals surface area contributed by atoms with E-state index in [1.54, 1.807) is 0 Å². The van der Waals surface area contributed by atoms with Crippen molar-refractivity contribution >= 4 is 35.0 Å². The van der Waals surface area contributed by atoms with Gasteiger partial charge in [0.15, 0.2) is 0 Å². The zero-order valence-electron chi connectivity index (χ0n) is 24.7. The lowest BCUT2D eigenvalue weighted by molar-refractivity contribution is 0.230. The molecular weight excluding hydrogens is 557 g/mol. The van der Waals surface area contributed by atoms with Crippen LogP contribution in [0.2, 0.25) is 44.3 Å². The fourth-order valence-corrected chi connectivity index (χ4v) is 27.6. The Hall–Kier alpha value is -0.152. The summed E-state index contributed by atoms with van der Waals surface area (Å²) in [5, 5.41) is 0. The van der Waals surface area contributed by atoms with Crippen LogP contribution in [0.15, 0.2) is 30.3 Å². The summed E-state index contributed by atoms with van der Waals surface area (Å²) in [7, 11) is -9.02. The largest absolute Gasteiger partial charge is 0.416 e. The van der Waals surface area contributed by atoms with Crippen molar-refractivity contribution in [2.75, 3.05) is 0 Å². The number of epoxide rings is 2. The molecule has 0 aromatic heterocycles. The molecule has 6 nitrogen and oxygen atoms in total. The van der Waals surface area contributed by atoms with Crippen LogP contribution in [-0.2, 0) is 25.9 Å². The van der Waals surface area contributed by atoms with Gasteiger partial charge in [-0.25, -0.2) is 0 Å². The fraction of sp³-hybridized carbons (Fsp3) is 0.793. The van der Waals surface area contributed by atoms with Crippen LogP contribution >= 0.6 is 0 Å². The molecule has 3 saturated heterocycles. The lowest BCUT2D eigenvalue weighted by atomic mass is 9.88. The molecule has 10 unspecified atom stereocenters. The topological polar surface area (TPSA) is 62.0 Å². The van der Waals surface area contributed by atoms with Gasteiger partial charge in [-0.15, -0.1) is 0 Å². The molecule has 5 fully saturated rings. The van der Waals surface area contributed by atoms with Crippen molar-refractivity contribution in [3.05, 3.63) is 35.9 Å². The third kappa shape index (κ3) is 7.44. The minimum absolute atomic E-state index is 0.376. The molecular formula is C29H49O6Si4. The SMILES string of the molecule is CC(C[Si]1(C)O[Si](C)O[Si](C)(CCC2CCC3OC3C2)O[Si](C)(CCC2CCC3OC3C2)O1)c1ccccc1. The molecule has 3 heterocycles. The molecule has 2 aliphatic carbocycles. The van der Waals surface area contributed by atoms with Crippen LogP contribution in [0.1, 0.15) is 69.8 Å². The molecule has 5 aliphatic rings. The molecule has 1 aromatic rings. The van der Waals surface area contributed by atoms with E-state index in [2.05, 4.69) is 63.4 Å². The summed E-state index contributed by atoms with van der Waals surface area (Å²) in [6, 6.07) is 13.8. The number of hydrogen-bond donors (Lipinski definition) is 0. The quantitative estimate of drug-likeness (QED) is 0.221. The Morgan fingerprint density at radius 3 is 1.87 bits per heavy atom. The van der Waals surface area contributed by atoms with Gasteiger partial charge in [0.05, 0.1) is 24.4 Å². The Bertz CT molecular complexity index is 990. The van der Waals surface area contributed by atoms with E-state index in [-0.39, 0.29) is 0 Å². The Balaban J connectivity index is 1.17. The van der Waals surface area contributed by atoms with Crippen molar-refractivity contribution in [3.63, 3.8) is 0 Å². The third-order valence-corrected chi connectivity index (χ3v) is 26.3. The first-order valence-electron chi connectivity index (χ1n) is 15.6. The zero-order chi connectivity index (χ0) is 27.3. The first-order valence-corrected chi connectivity index (χ1v) is 25.0. The Morgan fingerprint density at radius 2 is 1.28 bits per heavy atom. The number of ether oxygens (including phenoxy) is 2. The van der Waals surface area contributed by atoms with Gasteiger partial charge in [0, 0.05) is 0 Å². The standard InChI is InChI=1S/C29H49O6Si4/c1-22(25-9-7-6-8-10-25)21-39(5)33-36(2)32-37(3,17-15-23-11-13-26-28(19-23)30-26)34-38(4,35-39)18-16-24-12-14-27-29(20-24)31-27/h6-10,22-24,26-29H,11-21H2,1-5H3. The van der Waals surface area contributed by atoms with Gasteiger partial charge in [0.2, 0.25) is 0 Å². The summed E-state index contributed by atoms with van der Waals surface area (Å²) in [5.74, 6) is 1.83. The van der Waals surface area contributed by atoms with Crippen molar-refractivity contribution < 1.29 is 25.9 Å². The van der Waals surface area contributed by atoms with Crippen LogP contribution in [0.25, 0.3) is 0 Å². The normalized spacial score (nSPS) is 44.9. The zero-order valence-corrected chi connectivity index (χ0v) is 28.7. The molecule has 0 amide bonds. The van der Waals surface area contributed by atoms with Gasteiger partial charge in [-0.3, -0.25) is 0 Å². The first kappa shape index (κ1) is 28.9. The summed E-state index contributed by atoms with van der Waals surface area (Å²) in [4.78, 5) is 0. The summed E-state index contributed by atoms with van der Waals surface area (Å²) in [6.07, 6.45) is 12.0. The van der Waals surface area contributed by atoms with Gasteiger partial charge in [0.25, 0.3) is 0 Å². The van der Waals surface area contributed by atoms with Gasteiger partial charge in [0.1, 0.15) is 0 Å². The van der Waals surface area contributed by atoms with Gasteiger partial charge in [-0.2, -0.15) is 0 Å². The Labute approximate surface area is 241 Å². The smallest absolute Gasteiger partial charge is 0.362 e. The van der Waals surface area contributed by atoms with Crippen molar-refractivity contribution in [3.8, 4) is 0 Å². The van der Waals surface area contributed by atoms with Crippen LogP contribution in [-0.4, -0.2) is 59.4 Å². The molecule has 0 spiro atoms. The molecule has 39 heavy (non-hydrogen) atoms. The minimum Gasteiger partial charge on any atom is -0.416 e. The van der Waals surface area contributed by atoms with Crippen LogP contribution in [0.5, 0.6) is 0 Å². The predicted molar refractivity (Wildman–Crippen MR) is 161 cm³/mol. The molecule has 10 heteroatoms. The second-order valence-electron chi connectivity index (χ2n) is 13.7. The summed E-state index contributed by atoms with van der Waals surface area (Å²) >= 11 is 0. The second-order valence-corrected chi connectivity index (χ2v) is 26.1. The van der Waals surface area contributed by atoms with Crippen LogP contribution in [0.3, 0.4) is 0 Å². The maximum atomic E-state index is 7.33. The van der Waals surface area contributed by atoms with E-state index >= 15 is 0 Å². The highest BCUT2D eigenvalue weighted by Gasteiger charge is 2.54. The molecule has 6 rings (SSSR count). The molecule has 2 saturated carbocycles. The Morgan fingerprint density at radius 1 is 0.744 bits per heavy atom. The Kier molecular flexibility index (Phi) is 8.53. The number of benzene rings is 1. The molecule has 1 aromatic carbocycles. The van der Waals surface area contributed by atoms with Crippen LogP contribution < -0.4 is 0 Å². The number of fused-ring (bicyclic) bond motifs is 2. The van der Waals surface area contributed by atoms with E-state index in [1.807, 2.05) is 0 Å².